The number of para-hydroxylation sites is 1. The number of benzene rings is 3. The van der Waals surface area contributed by atoms with Crippen LogP contribution in [0.1, 0.15) is 22.3 Å². The van der Waals surface area contributed by atoms with Crippen LogP contribution in [0.3, 0.4) is 0 Å². The van der Waals surface area contributed by atoms with E-state index in [1.54, 1.807) is 18.2 Å². The van der Waals surface area contributed by atoms with Crippen LogP contribution in [-0.2, 0) is 11.2 Å². The maximum Gasteiger partial charge on any atom is 0.266 e. The predicted molar refractivity (Wildman–Crippen MR) is 109 cm³/mol. The smallest absolute Gasteiger partial charge is 0.266 e. The van der Waals surface area contributed by atoms with Crippen molar-refractivity contribution >= 4 is 17.7 Å². The van der Waals surface area contributed by atoms with Gasteiger partial charge in [0.2, 0.25) is 0 Å². The van der Waals surface area contributed by atoms with Crippen LogP contribution in [-0.4, -0.2) is 5.91 Å². The van der Waals surface area contributed by atoms with Crippen molar-refractivity contribution in [2.24, 2.45) is 0 Å². The number of carbonyl (C=O) groups excluding carboxylic acids is 1. The lowest BCUT2D eigenvalue weighted by molar-refractivity contribution is -0.112. The van der Waals surface area contributed by atoms with Gasteiger partial charge in [-0.2, -0.15) is 5.26 Å². The number of hydrogen-bond acceptors (Lipinski definition) is 2. The van der Waals surface area contributed by atoms with Gasteiger partial charge < -0.3 is 5.32 Å². The van der Waals surface area contributed by atoms with E-state index >= 15 is 0 Å². The fourth-order valence-corrected chi connectivity index (χ4v) is 2.83. The molecule has 0 saturated carbocycles. The van der Waals surface area contributed by atoms with Crippen LogP contribution < -0.4 is 5.32 Å². The molecule has 3 aromatic carbocycles. The molecule has 28 heavy (non-hydrogen) atoms. The van der Waals surface area contributed by atoms with Crippen LogP contribution in [0.15, 0.2) is 78.4 Å². The van der Waals surface area contributed by atoms with Gasteiger partial charge in [-0.1, -0.05) is 54.6 Å². The quantitative estimate of drug-likeness (QED) is 0.491. The highest BCUT2D eigenvalue weighted by molar-refractivity contribution is 6.09. The van der Waals surface area contributed by atoms with Gasteiger partial charge in [-0.05, 0) is 59.9 Å². The number of anilines is 1. The monoisotopic (exact) mass is 370 g/mol. The van der Waals surface area contributed by atoms with Crippen molar-refractivity contribution in [1.29, 1.82) is 5.26 Å². The standard InChI is InChI=1S/C24H19FN2O/c1-17-5-2-3-8-23(17)27-24(28)21(16-26)14-19-11-9-18(10-12-19)13-20-6-4-7-22(25)15-20/h2-12,14-15H,13H2,1H3,(H,27,28)/b21-14+. The van der Waals surface area contributed by atoms with Crippen LogP contribution in [0.5, 0.6) is 0 Å². The van der Waals surface area contributed by atoms with Gasteiger partial charge in [-0.3, -0.25) is 4.79 Å². The third-order valence-electron chi connectivity index (χ3n) is 4.35. The van der Waals surface area contributed by atoms with Crippen molar-refractivity contribution in [2.75, 3.05) is 5.32 Å². The number of halogens is 1. The molecule has 0 unspecified atom stereocenters. The van der Waals surface area contributed by atoms with Crippen molar-refractivity contribution in [3.05, 3.63) is 106 Å². The molecule has 3 nitrogen and oxygen atoms in total. The second-order valence-electron chi connectivity index (χ2n) is 6.49. The summed E-state index contributed by atoms with van der Waals surface area (Å²) in [7, 11) is 0. The van der Waals surface area contributed by atoms with E-state index in [2.05, 4.69) is 5.32 Å². The van der Waals surface area contributed by atoms with Crippen LogP contribution in [0.4, 0.5) is 10.1 Å². The summed E-state index contributed by atoms with van der Waals surface area (Å²) >= 11 is 0. The second-order valence-corrected chi connectivity index (χ2v) is 6.49. The number of hydrogen-bond donors (Lipinski definition) is 1. The molecule has 0 aliphatic rings. The van der Waals surface area contributed by atoms with E-state index in [1.165, 1.54) is 12.1 Å². The summed E-state index contributed by atoms with van der Waals surface area (Å²) < 4.78 is 13.3. The SMILES string of the molecule is Cc1ccccc1NC(=O)/C(C#N)=C/c1ccc(Cc2cccc(F)c2)cc1. The predicted octanol–water partition coefficient (Wildman–Crippen LogP) is 5.27. The summed E-state index contributed by atoms with van der Waals surface area (Å²) in [5.74, 6) is -0.698. The minimum atomic E-state index is -0.444. The summed E-state index contributed by atoms with van der Waals surface area (Å²) in [6, 6.07) is 23.4. The van der Waals surface area contributed by atoms with E-state index in [1.807, 2.05) is 61.5 Å². The number of aryl methyl sites for hydroxylation is 1. The van der Waals surface area contributed by atoms with Crippen molar-refractivity contribution in [2.45, 2.75) is 13.3 Å². The molecule has 4 heteroatoms. The van der Waals surface area contributed by atoms with Crippen molar-refractivity contribution in [1.82, 2.24) is 0 Å². The molecule has 3 aromatic rings. The first-order chi connectivity index (χ1) is 13.5. The molecular weight excluding hydrogens is 351 g/mol. The Hall–Kier alpha value is -3.71. The molecule has 0 heterocycles. The molecule has 0 aromatic heterocycles. The largest absolute Gasteiger partial charge is 0.321 e. The lowest BCUT2D eigenvalue weighted by Gasteiger charge is -2.07. The van der Waals surface area contributed by atoms with Crippen molar-refractivity contribution in [3.8, 4) is 6.07 Å². The Labute approximate surface area is 163 Å². The van der Waals surface area contributed by atoms with Gasteiger partial charge in [-0.25, -0.2) is 4.39 Å². The number of rotatable bonds is 5. The molecule has 0 aliphatic heterocycles. The highest BCUT2D eigenvalue weighted by atomic mass is 19.1. The molecule has 0 bridgehead atoms. The van der Waals surface area contributed by atoms with Crippen LogP contribution in [0.25, 0.3) is 6.08 Å². The first-order valence-corrected chi connectivity index (χ1v) is 8.87. The Morgan fingerprint density at radius 1 is 1.04 bits per heavy atom. The molecule has 138 valence electrons. The maximum atomic E-state index is 13.3. The molecule has 0 atom stereocenters. The topological polar surface area (TPSA) is 52.9 Å². The fraction of sp³-hybridized carbons (Fsp3) is 0.0833. The molecule has 0 fully saturated rings. The van der Waals surface area contributed by atoms with Gasteiger partial charge in [-0.15, -0.1) is 0 Å². The number of amides is 1. The van der Waals surface area contributed by atoms with E-state index in [-0.39, 0.29) is 11.4 Å². The number of nitrogens with one attached hydrogen (secondary N) is 1. The molecule has 1 amide bonds. The number of nitrogens with zero attached hydrogens (tertiary/aromatic N) is 1. The summed E-state index contributed by atoms with van der Waals surface area (Å²) in [5.41, 5.74) is 4.29. The molecular formula is C24H19FN2O. The summed E-state index contributed by atoms with van der Waals surface area (Å²) in [6.45, 7) is 1.89. The molecule has 3 rings (SSSR count). The van der Waals surface area contributed by atoms with Crippen LogP contribution >= 0.6 is 0 Å². The van der Waals surface area contributed by atoms with E-state index in [0.29, 0.717) is 12.1 Å². The average molecular weight is 370 g/mol. The average Bonchev–Trinajstić information content (AvgIpc) is 2.69. The van der Waals surface area contributed by atoms with Gasteiger partial charge >= 0.3 is 0 Å². The molecule has 0 saturated heterocycles. The fourth-order valence-electron chi connectivity index (χ4n) is 2.83. The minimum Gasteiger partial charge on any atom is -0.321 e. The van der Waals surface area contributed by atoms with E-state index < -0.39 is 5.91 Å². The van der Waals surface area contributed by atoms with Gasteiger partial charge in [0.1, 0.15) is 17.5 Å². The zero-order valence-electron chi connectivity index (χ0n) is 15.4. The molecule has 1 N–H and O–H groups in total. The minimum absolute atomic E-state index is 0.0288. The number of carbonyl (C=O) groups is 1. The Balaban J connectivity index is 1.73. The summed E-state index contributed by atoms with van der Waals surface area (Å²) in [4.78, 5) is 12.4. The third kappa shape index (κ3) is 4.93. The van der Waals surface area contributed by atoms with Crippen molar-refractivity contribution < 1.29 is 9.18 Å². The lowest BCUT2D eigenvalue weighted by Crippen LogP contribution is -2.14. The summed E-state index contributed by atoms with van der Waals surface area (Å²) in [6.07, 6.45) is 2.17. The first-order valence-electron chi connectivity index (χ1n) is 8.87. The van der Waals surface area contributed by atoms with Crippen LogP contribution in [0.2, 0.25) is 0 Å². The molecule has 0 radical (unpaired) electrons. The zero-order valence-corrected chi connectivity index (χ0v) is 15.4. The third-order valence-corrected chi connectivity index (χ3v) is 4.35. The van der Waals surface area contributed by atoms with E-state index in [0.717, 1.165) is 22.3 Å². The van der Waals surface area contributed by atoms with E-state index in [4.69, 9.17) is 0 Å². The molecule has 0 spiro atoms. The van der Waals surface area contributed by atoms with Gasteiger partial charge in [0, 0.05) is 5.69 Å². The Bertz CT molecular complexity index is 1060. The molecule has 0 aliphatic carbocycles. The second kappa shape index (κ2) is 8.79. The zero-order chi connectivity index (χ0) is 19.9. The maximum absolute atomic E-state index is 13.3. The summed E-state index contributed by atoms with van der Waals surface area (Å²) in [5, 5.41) is 12.1. The van der Waals surface area contributed by atoms with Gasteiger partial charge in [0.15, 0.2) is 0 Å². The highest BCUT2D eigenvalue weighted by Gasteiger charge is 2.10. The number of nitriles is 1. The normalized spacial score (nSPS) is 11.0. The highest BCUT2D eigenvalue weighted by Crippen LogP contribution is 2.17. The van der Waals surface area contributed by atoms with Gasteiger partial charge in [0.05, 0.1) is 0 Å². The first kappa shape index (κ1) is 19.1. The Kier molecular flexibility index (Phi) is 5.98. The van der Waals surface area contributed by atoms with Gasteiger partial charge in [0.25, 0.3) is 5.91 Å². The van der Waals surface area contributed by atoms with E-state index in [9.17, 15) is 14.4 Å². The Morgan fingerprint density at radius 2 is 1.79 bits per heavy atom. The Morgan fingerprint density at radius 3 is 2.46 bits per heavy atom. The lowest BCUT2D eigenvalue weighted by atomic mass is 10.0. The van der Waals surface area contributed by atoms with Crippen molar-refractivity contribution in [3.63, 3.8) is 0 Å². The van der Waals surface area contributed by atoms with Crippen LogP contribution in [0, 0.1) is 24.1 Å².